The van der Waals surface area contributed by atoms with Gasteiger partial charge in [-0.1, -0.05) is 0 Å². The standard InChI is InChI=1S/C17H32N2O2.ClH/c1-2-12-20-17(3-1)14-21-16-6-10-19(11-7-16)13-15-4-8-18-9-5-15;/h15-18H,1-14H2;1H. The third-order valence-electron chi connectivity index (χ3n) is 5.30. The van der Waals surface area contributed by atoms with E-state index in [2.05, 4.69) is 10.2 Å². The number of hydrogen-bond acceptors (Lipinski definition) is 4. The van der Waals surface area contributed by atoms with Crippen molar-refractivity contribution in [3.05, 3.63) is 0 Å². The summed E-state index contributed by atoms with van der Waals surface area (Å²) in [7, 11) is 0. The Labute approximate surface area is 141 Å². The van der Waals surface area contributed by atoms with Crippen LogP contribution in [0.15, 0.2) is 0 Å². The minimum absolute atomic E-state index is 0. The first-order valence-electron chi connectivity index (χ1n) is 9.06. The molecule has 22 heavy (non-hydrogen) atoms. The van der Waals surface area contributed by atoms with Crippen LogP contribution in [0.3, 0.4) is 0 Å². The first kappa shape index (κ1) is 18.5. The minimum Gasteiger partial charge on any atom is -0.376 e. The van der Waals surface area contributed by atoms with Gasteiger partial charge in [0, 0.05) is 26.2 Å². The number of hydrogen-bond donors (Lipinski definition) is 1. The third kappa shape index (κ3) is 5.97. The summed E-state index contributed by atoms with van der Waals surface area (Å²) in [5, 5.41) is 3.46. The number of nitrogens with zero attached hydrogens (tertiary/aromatic N) is 1. The molecule has 4 nitrogen and oxygen atoms in total. The lowest BCUT2D eigenvalue weighted by Gasteiger charge is -2.36. The summed E-state index contributed by atoms with van der Waals surface area (Å²) in [6.07, 6.45) is 9.69. The van der Waals surface area contributed by atoms with Crippen molar-refractivity contribution in [1.29, 1.82) is 0 Å². The van der Waals surface area contributed by atoms with Gasteiger partial charge in [-0.3, -0.25) is 0 Å². The van der Waals surface area contributed by atoms with E-state index in [1.165, 1.54) is 77.7 Å². The van der Waals surface area contributed by atoms with Crippen LogP contribution < -0.4 is 5.32 Å². The minimum atomic E-state index is 0. The summed E-state index contributed by atoms with van der Waals surface area (Å²) in [6, 6.07) is 0. The molecule has 3 saturated heterocycles. The Bertz CT molecular complexity index is 286. The molecule has 5 heteroatoms. The van der Waals surface area contributed by atoms with Gasteiger partial charge in [0.1, 0.15) is 0 Å². The van der Waals surface area contributed by atoms with Gasteiger partial charge in [-0.05, 0) is 64.0 Å². The van der Waals surface area contributed by atoms with E-state index in [-0.39, 0.29) is 12.4 Å². The molecule has 3 aliphatic heterocycles. The van der Waals surface area contributed by atoms with Crippen molar-refractivity contribution < 1.29 is 9.47 Å². The van der Waals surface area contributed by atoms with E-state index in [9.17, 15) is 0 Å². The first-order chi connectivity index (χ1) is 10.4. The Kier molecular flexibility index (Phi) is 8.47. The highest BCUT2D eigenvalue weighted by Gasteiger charge is 2.24. The predicted octanol–water partition coefficient (Wildman–Crippen LogP) is 2.46. The molecule has 3 aliphatic rings. The molecule has 1 unspecified atom stereocenters. The Morgan fingerprint density at radius 3 is 2.45 bits per heavy atom. The molecule has 0 aromatic heterocycles. The van der Waals surface area contributed by atoms with Crippen molar-refractivity contribution in [1.82, 2.24) is 10.2 Å². The molecule has 3 fully saturated rings. The molecule has 0 bridgehead atoms. The first-order valence-corrected chi connectivity index (χ1v) is 9.06. The highest BCUT2D eigenvalue weighted by atomic mass is 35.5. The molecule has 3 heterocycles. The van der Waals surface area contributed by atoms with Crippen LogP contribution >= 0.6 is 12.4 Å². The van der Waals surface area contributed by atoms with Crippen LogP contribution in [0.2, 0.25) is 0 Å². The summed E-state index contributed by atoms with van der Waals surface area (Å²) < 4.78 is 11.8. The van der Waals surface area contributed by atoms with E-state index in [1.807, 2.05) is 0 Å². The lowest BCUT2D eigenvalue weighted by Crippen LogP contribution is -2.42. The van der Waals surface area contributed by atoms with Crippen LogP contribution in [0.1, 0.15) is 44.9 Å². The predicted molar refractivity (Wildman–Crippen MR) is 91.8 cm³/mol. The van der Waals surface area contributed by atoms with Gasteiger partial charge >= 0.3 is 0 Å². The summed E-state index contributed by atoms with van der Waals surface area (Å²) in [6.45, 7) is 7.93. The van der Waals surface area contributed by atoms with Crippen LogP contribution in [-0.2, 0) is 9.47 Å². The summed E-state index contributed by atoms with van der Waals surface area (Å²) >= 11 is 0. The highest BCUT2D eigenvalue weighted by molar-refractivity contribution is 5.85. The lowest BCUT2D eigenvalue weighted by atomic mass is 9.96. The van der Waals surface area contributed by atoms with Crippen molar-refractivity contribution in [2.45, 2.75) is 57.2 Å². The van der Waals surface area contributed by atoms with E-state index < -0.39 is 0 Å². The molecule has 0 radical (unpaired) electrons. The molecule has 0 spiro atoms. The maximum Gasteiger partial charge on any atom is 0.0808 e. The number of likely N-dealkylation sites (tertiary alicyclic amines) is 1. The molecular weight excluding hydrogens is 300 g/mol. The fourth-order valence-electron chi connectivity index (χ4n) is 3.87. The molecule has 0 aliphatic carbocycles. The molecule has 0 saturated carbocycles. The van der Waals surface area contributed by atoms with Crippen molar-refractivity contribution in [3.63, 3.8) is 0 Å². The normalized spacial score (nSPS) is 29.2. The number of piperidine rings is 2. The second kappa shape index (κ2) is 10.1. The van der Waals surface area contributed by atoms with Gasteiger partial charge in [0.05, 0.1) is 18.8 Å². The van der Waals surface area contributed by atoms with E-state index >= 15 is 0 Å². The molecule has 0 aromatic carbocycles. The maximum absolute atomic E-state index is 6.10. The second-order valence-corrected chi connectivity index (χ2v) is 7.02. The lowest BCUT2D eigenvalue weighted by molar-refractivity contribution is -0.0756. The number of rotatable bonds is 5. The van der Waals surface area contributed by atoms with E-state index in [4.69, 9.17) is 9.47 Å². The molecule has 1 atom stereocenters. The Hall–Kier alpha value is 0.130. The second-order valence-electron chi connectivity index (χ2n) is 7.02. The Morgan fingerprint density at radius 1 is 1.00 bits per heavy atom. The van der Waals surface area contributed by atoms with E-state index in [0.717, 1.165) is 19.1 Å². The Balaban J connectivity index is 0.00000176. The van der Waals surface area contributed by atoms with Gasteiger partial charge in [-0.15, -0.1) is 12.4 Å². The van der Waals surface area contributed by atoms with Gasteiger partial charge in [-0.25, -0.2) is 0 Å². The van der Waals surface area contributed by atoms with Crippen molar-refractivity contribution in [2.75, 3.05) is 45.9 Å². The van der Waals surface area contributed by atoms with Gasteiger partial charge < -0.3 is 19.7 Å². The summed E-state index contributed by atoms with van der Waals surface area (Å²) in [4.78, 5) is 2.66. The van der Waals surface area contributed by atoms with Crippen molar-refractivity contribution in [2.24, 2.45) is 5.92 Å². The monoisotopic (exact) mass is 332 g/mol. The van der Waals surface area contributed by atoms with Crippen LogP contribution in [0.25, 0.3) is 0 Å². The van der Waals surface area contributed by atoms with Crippen molar-refractivity contribution >= 4 is 12.4 Å². The van der Waals surface area contributed by atoms with Gasteiger partial charge in [0.2, 0.25) is 0 Å². The Morgan fingerprint density at radius 2 is 1.77 bits per heavy atom. The zero-order chi connectivity index (χ0) is 14.3. The molecular formula is C17H33ClN2O2. The smallest absolute Gasteiger partial charge is 0.0808 e. The van der Waals surface area contributed by atoms with Gasteiger partial charge in [-0.2, -0.15) is 0 Å². The quantitative estimate of drug-likeness (QED) is 0.838. The molecule has 1 N–H and O–H groups in total. The fourth-order valence-corrected chi connectivity index (χ4v) is 3.87. The molecule has 3 rings (SSSR count). The van der Waals surface area contributed by atoms with Gasteiger partial charge in [0.25, 0.3) is 0 Å². The number of ether oxygens (including phenoxy) is 2. The van der Waals surface area contributed by atoms with E-state index in [0.29, 0.717) is 12.2 Å². The number of halogens is 1. The molecule has 130 valence electrons. The number of nitrogens with one attached hydrogen (secondary N) is 1. The van der Waals surface area contributed by atoms with Crippen LogP contribution in [0.4, 0.5) is 0 Å². The van der Waals surface area contributed by atoms with Crippen LogP contribution in [0, 0.1) is 5.92 Å². The highest BCUT2D eigenvalue weighted by Crippen LogP contribution is 2.20. The van der Waals surface area contributed by atoms with Gasteiger partial charge in [0.15, 0.2) is 0 Å². The largest absolute Gasteiger partial charge is 0.376 e. The topological polar surface area (TPSA) is 33.7 Å². The zero-order valence-electron chi connectivity index (χ0n) is 13.8. The summed E-state index contributed by atoms with van der Waals surface area (Å²) in [5.41, 5.74) is 0. The average molecular weight is 333 g/mol. The van der Waals surface area contributed by atoms with Crippen LogP contribution in [-0.4, -0.2) is 63.0 Å². The zero-order valence-corrected chi connectivity index (χ0v) is 14.6. The van der Waals surface area contributed by atoms with E-state index in [1.54, 1.807) is 0 Å². The third-order valence-corrected chi connectivity index (χ3v) is 5.30. The van der Waals surface area contributed by atoms with Crippen molar-refractivity contribution in [3.8, 4) is 0 Å². The molecule has 0 amide bonds. The fraction of sp³-hybridized carbons (Fsp3) is 1.00. The average Bonchev–Trinajstić information content (AvgIpc) is 2.56. The maximum atomic E-state index is 6.10. The summed E-state index contributed by atoms with van der Waals surface area (Å²) in [5.74, 6) is 0.916. The van der Waals surface area contributed by atoms with Crippen LogP contribution in [0.5, 0.6) is 0 Å². The SMILES string of the molecule is C1CCC(COC2CCN(CC3CCNCC3)CC2)OC1.Cl. The molecule has 0 aromatic rings.